The van der Waals surface area contributed by atoms with Gasteiger partial charge in [0.1, 0.15) is 23.8 Å². The third kappa shape index (κ3) is 6.39. The number of anilines is 1. The SMILES string of the molecule is CC1(C(F)(F)F)OC(=C(C#N)C#N)C(C#N)=C1/C=C/c1ccc(/C=C/c2ccc(N(CCO)CCO)cc2)s1. The molecule has 2 N–H and O–H groups in total. The number of hydrogen-bond acceptors (Lipinski definition) is 8. The van der Waals surface area contributed by atoms with Gasteiger partial charge in [0.05, 0.1) is 13.2 Å². The number of rotatable bonds is 9. The van der Waals surface area contributed by atoms with Crippen molar-refractivity contribution in [3.8, 4) is 18.2 Å². The fourth-order valence-electron chi connectivity index (χ4n) is 3.84. The Labute approximate surface area is 227 Å². The van der Waals surface area contributed by atoms with E-state index in [0.717, 1.165) is 29.1 Å². The van der Waals surface area contributed by atoms with E-state index in [1.165, 1.54) is 29.6 Å². The summed E-state index contributed by atoms with van der Waals surface area (Å²) >= 11 is 1.31. The maximum absolute atomic E-state index is 14.0. The Morgan fingerprint density at radius 3 is 2.00 bits per heavy atom. The van der Waals surface area contributed by atoms with Gasteiger partial charge in [0.25, 0.3) is 0 Å². The van der Waals surface area contributed by atoms with Crippen LogP contribution in [0.25, 0.3) is 18.2 Å². The fourth-order valence-corrected chi connectivity index (χ4v) is 4.65. The van der Waals surface area contributed by atoms with Crippen LogP contribution in [0.15, 0.2) is 65.0 Å². The Bertz CT molecular complexity index is 1430. The summed E-state index contributed by atoms with van der Waals surface area (Å²) < 4.78 is 46.9. The van der Waals surface area contributed by atoms with E-state index < -0.39 is 34.3 Å². The molecule has 1 aliphatic rings. The predicted molar refractivity (Wildman–Crippen MR) is 142 cm³/mol. The molecule has 0 fully saturated rings. The van der Waals surface area contributed by atoms with Crippen LogP contribution >= 0.6 is 11.3 Å². The van der Waals surface area contributed by atoms with Crippen LogP contribution in [0.3, 0.4) is 0 Å². The highest BCUT2D eigenvalue weighted by molar-refractivity contribution is 7.13. The van der Waals surface area contributed by atoms with Crippen LogP contribution < -0.4 is 4.90 Å². The molecule has 0 spiro atoms. The number of nitriles is 3. The Kier molecular flexibility index (Phi) is 9.34. The van der Waals surface area contributed by atoms with Crippen LogP contribution in [-0.2, 0) is 4.74 Å². The second-order valence-electron chi connectivity index (χ2n) is 8.39. The van der Waals surface area contributed by atoms with Crippen molar-refractivity contribution in [3.63, 3.8) is 0 Å². The van der Waals surface area contributed by atoms with Crippen molar-refractivity contribution in [3.05, 3.63) is 80.3 Å². The normalized spacial score (nSPS) is 17.3. The number of alkyl halides is 3. The lowest BCUT2D eigenvalue weighted by Crippen LogP contribution is -2.43. The number of ether oxygens (including phenoxy) is 1. The minimum absolute atomic E-state index is 0.0347. The van der Waals surface area contributed by atoms with E-state index in [-0.39, 0.29) is 13.2 Å². The summed E-state index contributed by atoms with van der Waals surface area (Å²) in [5, 5.41) is 46.2. The van der Waals surface area contributed by atoms with Gasteiger partial charge in [0, 0.05) is 34.1 Å². The van der Waals surface area contributed by atoms with Crippen molar-refractivity contribution in [1.82, 2.24) is 0 Å². The van der Waals surface area contributed by atoms with Crippen molar-refractivity contribution in [2.45, 2.75) is 18.7 Å². The van der Waals surface area contributed by atoms with Crippen molar-refractivity contribution in [2.24, 2.45) is 0 Å². The molecular weight excluding hydrogens is 529 g/mol. The Morgan fingerprint density at radius 1 is 0.949 bits per heavy atom. The fraction of sp³-hybridized carbons (Fsp3) is 0.250. The first-order chi connectivity index (χ1) is 18.6. The minimum atomic E-state index is -4.92. The summed E-state index contributed by atoms with van der Waals surface area (Å²) in [5.74, 6) is -0.682. The molecule has 0 aliphatic carbocycles. The zero-order chi connectivity index (χ0) is 28.6. The molecule has 0 amide bonds. The molecule has 1 aromatic carbocycles. The molecule has 0 saturated heterocycles. The molecular formula is C28H23F3N4O3S. The van der Waals surface area contributed by atoms with Crippen LogP contribution in [0.4, 0.5) is 18.9 Å². The summed E-state index contributed by atoms with van der Waals surface area (Å²) in [6, 6.07) is 15.6. The van der Waals surface area contributed by atoms with Gasteiger partial charge in [-0.05, 0) is 48.9 Å². The van der Waals surface area contributed by atoms with Gasteiger partial charge >= 0.3 is 6.18 Å². The van der Waals surface area contributed by atoms with Gasteiger partial charge in [-0.1, -0.05) is 24.3 Å². The summed E-state index contributed by atoms with van der Waals surface area (Å²) in [4.78, 5) is 3.30. The average molecular weight is 553 g/mol. The van der Waals surface area contributed by atoms with E-state index in [9.17, 15) is 28.6 Å². The molecule has 1 aromatic heterocycles. The van der Waals surface area contributed by atoms with Crippen LogP contribution in [0.5, 0.6) is 0 Å². The zero-order valence-electron chi connectivity index (χ0n) is 20.7. The quantitative estimate of drug-likeness (QED) is 0.410. The first-order valence-corrected chi connectivity index (χ1v) is 12.4. The molecule has 3 rings (SSSR count). The number of benzene rings is 1. The monoisotopic (exact) mass is 552 g/mol. The van der Waals surface area contributed by atoms with Crippen molar-refractivity contribution in [2.75, 3.05) is 31.2 Å². The number of allylic oxidation sites excluding steroid dienone is 2. The molecule has 0 radical (unpaired) electrons. The zero-order valence-corrected chi connectivity index (χ0v) is 21.6. The molecule has 11 heteroatoms. The van der Waals surface area contributed by atoms with Crippen molar-refractivity contribution in [1.29, 1.82) is 15.8 Å². The van der Waals surface area contributed by atoms with E-state index in [4.69, 9.17) is 15.3 Å². The lowest BCUT2D eigenvalue weighted by molar-refractivity contribution is -0.236. The van der Waals surface area contributed by atoms with E-state index in [1.54, 1.807) is 18.2 Å². The maximum atomic E-state index is 14.0. The highest BCUT2D eigenvalue weighted by atomic mass is 32.1. The molecule has 200 valence electrons. The van der Waals surface area contributed by atoms with Crippen LogP contribution in [0.2, 0.25) is 0 Å². The number of hydrogen-bond donors (Lipinski definition) is 2. The lowest BCUT2D eigenvalue weighted by Gasteiger charge is -2.28. The summed E-state index contributed by atoms with van der Waals surface area (Å²) in [7, 11) is 0. The van der Waals surface area contributed by atoms with Crippen molar-refractivity contribution < 1.29 is 28.1 Å². The van der Waals surface area contributed by atoms with E-state index in [1.807, 2.05) is 41.3 Å². The topological polar surface area (TPSA) is 124 Å². The number of thiophene rings is 1. The first-order valence-electron chi connectivity index (χ1n) is 11.6. The second-order valence-corrected chi connectivity index (χ2v) is 9.54. The third-order valence-corrected chi connectivity index (χ3v) is 6.94. The average Bonchev–Trinajstić information content (AvgIpc) is 3.49. The summed E-state index contributed by atoms with van der Waals surface area (Å²) in [6.07, 6.45) is 1.36. The first kappa shape index (κ1) is 29.2. The van der Waals surface area contributed by atoms with E-state index in [2.05, 4.69) is 0 Å². The largest absolute Gasteiger partial charge is 0.470 e. The molecule has 1 unspecified atom stereocenters. The van der Waals surface area contributed by atoms with Gasteiger partial charge < -0.3 is 19.8 Å². The van der Waals surface area contributed by atoms with Gasteiger partial charge in [-0.15, -0.1) is 11.3 Å². The number of aliphatic hydroxyl groups excluding tert-OH is 2. The maximum Gasteiger partial charge on any atom is 0.432 e. The number of aliphatic hydroxyl groups is 2. The lowest BCUT2D eigenvalue weighted by atomic mass is 9.92. The van der Waals surface area contributed by atoms with Crippen molar-refractivity contribution >= 4 is 35.3 Å². The Morgan fingerprint density at radius 2 is 1.51 bits per heavy atom. The minimum Gasteiger partial charge on any atom is -0.470 e. The second kappa shape index (κ2) is 12.5. The van der Waals surface area contributed by atoms with Gasteiger partial charge in [-0.2, -0.15) is 29.0 Å². The molecule has 39 heavy (non-hydrogen) atoms. The molecule has 0 saturated carbocycles. The molecule has 0 bridgehead atoms. The van der Waals surface area contributed by atoms with Gasteiger partial charge in [0.15, 0.2) is 11.3 Å². The number of halogens is 3. The van der Waals surface area contributed by atoms with Gasteiger partial charge in [0.2, 0.25) is 5.60 Å². The molecule has 1 aliphatic heterocycles. The van der Waals surface area contributed by atoms with E-state index >= 15 is 0 Å². The third-order valence-electron chi connectivity index (χ3n) is 5.92. The molecule has 1 atom stereocenters. The van der Waals surface area contributed by atoms with Gasteiger partial charge in [-0.25, -0.2) is 0 Å². The van der Waals surface area contributed by atoms with Gasteiger partial charge in [-0.3, -0.25) is 0 Å². The van der Waals surface area contributed by atoms with Crippen LogP contribution in [-0.4, -0.2) is 48.3 Å². The summed E-state index contributed by atoms with van der Waals surface area (Å²) in [5.41, 5.74) is -2.86. The predicted octanol–water partition coefficient (Wildman–Crippen LogP) is 5.20. The highest BCUT2D eigenvalue weighted by Gasteiger charge is 2.60. The molecule has 7 nitrogen and oxygen atoms in total. The van der Waals surface area contributed by atoms with Crippen LogP contribution in [0, 0.1) is 34.0 Å². The molecule has 2 heterocycles. The smallest absolute Gasteiger partial charge is 0.432 e. The molecule has 2 aromatic rings. The van der Waals surface area contributed by atoms with Crippen LogP contribution in [0.1, 0.15) is 22.2 Å². The Balaban J connectivity index is 1.85. The van der Waals surface area contributed by atoms with E-state index in [0.29, 0.717) is 18.0 Å². The standard InChI is InChI=1S/C28H23F3N4O3S/c1-27(28(29,30)31)25(24(18-34)26(38-27)20(16-32)17-33)11-10-23-9-8-22(39-23)7-4-19-2-5-21(6-3-19)35(12-14-36)13-15-37/h2-11,36-37H,12-15H2,1H3/b7-4+,11-10+. The Hall–Kier alpha value is -4.34. The summed E-state index contributed by atoms with van der Waals surface area (Å²) in [6.45, 7) is 1.49. The highest BCUT2D eigenvalue weighted by Crippen LogP contribution is 2.49. The number of nitrogens with zero attached hydrogens (tertiary/aromatic N) is 4.